The Morgan fingerprint density at radius 3 is 2.76 bits per heavy atom. The zero-order valence-corrected chi connectivity index (χ0v) is 19.4. The van der Waals surface area contributed by atoms with Crippen LogP contribution in [0.15, 0.2) is 64.7 Å². The molecule has 33 heavy (non-hydrogen) atoms. The number of rotatable bonds is 10. The number of para-hydroxylation sites is 1. The van der Waals surface area contributed by atoms with Gasteiger partial charge in [0.2, 0.25) is 5.91 Å². The van der Waals surface area contributed by atoms with Crippen LogP contribution < -0.4 is 15.7 Å². The van der Waals surface area contributed by atoms with Crippen LogP contribution in [0.3, 0.4) is 0 Å². The van der Waals surface area contributed by atoms with Crippen LogP contribution in [0.5, 0.6) is 5.75 Å². The SMILES string of the molecule is CCCn1c(SCC(=O)NC[C@H](c2ccc(OC)cc2)c2c[nH]c3ccccc23)n[nH]c1=O. The summed E-state index contributed by atoms with van der Waals surface area (Å²) in [6.45, 7) is 3.00. The number of nitrogens with one attached hydrogen (secondary N) is 3. The molecule has 0 unspecified atom stereocenters. The van der Waals surface area contributed by atoms with Crippen LogP contribution in [0.4, 0.5) is 0 Å². The Kier molecular flexibility index (Phi) is 7.19. The first-order valence-electron chi connectivity index (χ1n) is 10.8. The van der Waals surface area contributed by atoms with E-state index in [0.717, 1.165) is 34.2 Å². The topological polar surface area (TPSA) is 105 Å². The largest absolute Gasteiger partial charge is 0.497 e. The van der Waals surface area contributed by atoms with Crippen LogP contribution in [0, 0.1) is 0 Å². The molecular formula is C24H27N5O3S. The lowest BCUT2D eigenvalue weighted by Crippen LogP contribution is -2.30. The summed E-state index contributed by atoms with van der Waals surface area (Å²) in [6, 6.07) is 16.0. The van der Waals surface area contributed by atoms with E-state index in [1.54, 1.807) is 11.7 Å². The highest BCUT2D eigenvalue weighted by Gasteiger charge is 2.20. The van der Waals surface area contributed by atoms with E-state index in [-0.39, 0.29) is 23.3 Å². The van der Waals surface area contributed by atoms with Gasteiger partial charge in [-0.25, -0.2) is 9.89 Å². The van der Waals surface area contributed by atoms with Gasteiger partial charge in [0, 0.05) is 36.1 Å². The number of hydrogen-bond donors (Lipinski definition) is 3. The molecular weight excluding hydrogens is 438 g/mol. The Labute approximate surface area is 195 Å². The maximum absolute atomic E-state index is 12.7. The Morgan fingerprint density at radius 1 is 1.21 bits per heavy atom. The molecule has 4 aromatic rings. The molecule has 172 valence electrons. The van der Waals surface area contributed by atoms with Crippen LogP contribution in [-0.2, 0) is 11.3 Å². The smallest absolute Gasteiger partial charge is 0.343 e. The molecule has 1 amide bonds. The number of amides is 1. The Bertz CT molecular complexity index is 1280. The molecule has 3 N–H and O–H groups in total. The van der Waals surface area contributed by atoms with E-state index < -0.39 is 0 Å². The van der Waals surface area contributed by atoms with Crippen LogP contribution in [-0.4, -0.2) is 45.1 Å². The van der Waals surface area contributed by atoms with Gasteiger partial charge in [0.1, 0.15) is 5.75 Å². The van der Waals surface area contributed by atoms with Crippen molar-refractivity contribution in [1.29, 1.82) is 0 Å². The minimum absolute atomic E-state index is 0.0374. The van der Waals surface area contributed by atoms with Gasteiger partial charge in [0.15, 0.2) is 5.16 Å². The second-order valence-electron chi connectivity index (χ2n) is 7.67. The predicted octanol–water partition coefficient (Wildman–Crippen LogP) is 3.51. The van der Waals surface area contributed by atoms with Crippen molar-refractivity contribution in [3.63, 3.8) is 0 Å². The minimum Gasteiger partial charge on any atom is -0.497 e. The number of hydrogen-bond acceptors (Lipinski definition) is 5. The van der Waals surface area contributed by atoms with Crippen molar-refractivity contribution in [2.45, 2.75) is 31.0 Å². The lowest BCUT2D eigenvalue weighted by molar-refractivity contribution is -0.118. The Morgan fingerprint density at radius 2 is 2.00 bits per heavy atom. The first kappa shape index (κ1) is 22.7. The van der Waals surface area contributed by atoms with E-state index in [4.69, 9.17) is 4.74 Å². The standard InChI is InChI=1S/C24H27N5O3S/c1-3-12-29-23(31)27-28-24(29)33-15-22(30)26-13-19(16-8-10-17(32-2)11-9-16)20-14-25-21-7-5-4-6-18(20)21/h4-11,14,19,25H,3,12-13,15H2,1-2H3,(H,26,30)(H,27,31)/t19-/m1/s1. The van der Waals surface area contributed by atoms with E-state index in [1.807, 2.05) is 55.6 Å². The summed E-state index contributed by atoms with van der Waals surface area (Å²) in [5, 5.41) is 11.2. The lowest BCUT2D eigenvalue weighted by atomic mass is 9.91. The van der Waals surface area contributed by atoms with Gasteiger partial charge in [-0.05, 0) is 35.7 Å². The summed E-state index contributed by atoms with van der Waals surface area (Å²) >= 11 is 1.25. The van der Waals surface area contributed by atoms with Crippen molar-refractivity contribution in [2.24, 2.45) is 0 Å². The van der Waals surface area contributed by atoms with Gasteiger partial charge in [0.25, 0.3) is 0 Å². The summed E-state index contributed by atoms with van der Waals surface area (Å²) in [4.78, 5) is 27.9. The number of thioether (sulfide) groups is 1. The molecule has 1 atom stereocenters. The van der Waals surface area contributed by atoms with E-state index in [0.29, 0.717) is 18.2 Å². The molecule has 0 saturated heterocycles. The molecule has 0 aliphatic carbocycles. The molecule has 0 saturated carbocycles. The van der Waals surface area contributed by atoms with Gasteiger partial charge >= 0.3 is 5.69 Å². The molecule has 0 spiro atoms. The second-order valence-corrected chi connectivity index (χ2v) is 8.61. The van der Waals surface area contributed by atoms with Crippen molar-refractivity contribution in [2.75, 3.05) is 19.4 Å². The molecule has 2 aromatic heterocycles. The van der Waals surface area contributed by atoms with Crippen molar-refractivity contribution in [3.8, 4) is 5.75 Å². The fourth-order valence-corrected chi connectivity index (χ4v) is 4.66. The molecule has 0 aliphatic rings. The number of benzene rings is 2. The summed E-state index contributed by atoms with van der Waals surface area (Å²) < 4.78 is 6.86. The highest BCUT2D eigenvalue weighted by Crippen LogP contribution is 2.31. The van der Waals surface area contributed by atoms with E-state index in [9.17, 15) is 9.59 Å². The quantitative estimate of drug-likeness (QED) is 0.311. The first-order chi connectivity index (χ1) is 16.1. The number of aromatic nitrogens is 4. The molecule has 8 nitrogen and oxygen atoms in total. The van der Waals surface area contributed by atoms with E-state index in [2.05, 4.69) is 26.6 Å². The zero-order chi connectivity index (χ0) is 23.2. The van der Waals surface area contributed by atoms with Crippen molar-refractivity contribution < 1.29 is 9.53 Å². The third-order valence-electron chi connectivity index (χ3n) is 5.52. The van der Waals surface area contributed by atoms with Gasteiger partial charge in [-0.3, -0.25) is 9.36 Å². The zero-order valence-electron chi connectivity index (χ0n) is 18.6. The number of aromatic amines is 2. The summed E-state index contributed by atoms with van der Waals surface area (Å²) in [5.74, 6) is 0.813. The number of carbonyl (C=O) groups is 1. The van der Waals surface area contributed by atoms with Gasteiger partial charge in [-0.15, -0.1) is 5.10 Å². The fraction of sp³-hybridized carbons (Fsp3) is 0.292. The second kappa shape index (κ2) is 10.4. The number of ether oxygens (including phenoxy) is 1. The molecule has 2 aromatic carbocycles. The molecule has 9 heteroatoms. The monoisotopic (exact) mass is 465 g/mol. The van der Waals surface area contributed by atoms with Gasteiger partial charge in [-0.1, -0.05) is 49.0 Å². The third kappa shape index (κ3) is 5.14. The maximum Gasteiger partial charge on any atom is 0.343 e. The summed E-state index contributed by atoms with van der Waals surface area (Å²) in [5.41, 5.74) is 3.00. The fourth-order valence-electron chi connectivity index (χ4n) is 3.86. The minimum atomic E-state index is -0.251. The number of nitrogens with zero attached hydrogens (tertiary/aromatic N) is 2. The molecule has 0 radical (unpaired) electrons. The van der Waals surface area contributed by atoms with Crippen LogP contribution in [0.1, 0.15) is 30.4 Å². The molecule has 0 bridgehead atoms. The third-order valence-corrected chi connectivity index (χ3v) is 6.50. The van der Waals surface area contributed by atoms with Crippen molar-refractivity contribution in [1.82, 2.24) is 25.1 Å². The molecule has 0 aliphatic heterocycles. The van der Waals surface area contributed by atoms with Gasteiger partial charge in [-0.2, -0.15) is 0 Å². The van der Waals surface area contributed by atoms with Crippen LogP contribution in [0.2, 0.25) is 0 Å². The number of H-pyrrole nitrogens is 2. The average molecular weight is 466 g/mol. The lowest BCUT2D eigenvalue weighted by Gasteiger charge is -2.18. The Hall–Kier alpha value is -3.46. The highest BCUT2D eigenvalue weighted by atomic mass is 32.2. The molecule has 2 heterocycles. The van der Waals surface area contributed by atoms with Crippen molar-refractivity contribution in [3.05, 3.63) is 76.3 Å². The summed E-state index contributed by atoms with van der Waals surface area (Å²) in [6.07, 6.45) is 2.82. The molecule has 0 fully saturated rings. The Balaban J connectivity index is 1.49. The molecule has 4 rings (SSSR count). The van der Waals surface area contributed by atoms with E-state index in [1.165, 1.54) is 11.8 Å². The van der Waals surface area contributed by atoms with Gasteiger partial charge < -0.3 is 15.0 Å². The van der Waals surface area contributed by atoms with Gasteiger partial charge in [0.05, 0.1) is 12.9 Å². The van der Waals surface area contributed by atoms with Crippen LogP contribution >= 0.6 is 11.8 Å². The highest BCUT2D eigenvalue weighted by molar-refractivity contribution is 7.99. The summed E-state index contributed by atoms with van der Waals surface area (Å²) in [7, 11) is 1.64. The van der Waals surface area contributed by atoms with Crippen molar-refractivity contribution >= 4 is 28.6 Å². The van der Waals surface area contributed by atoms with E-state index >= 15 is 0 Å². The number of methoxy groups -OCH3 is 1. The predicted molar refractivity (Wildman–Crippen MR) is 130 cm³/mol. The number of fused-ring (bicyclic) bond motifs is 1. The maximum atomic E-state index is 12.7. The average Bonchev–Trinajstić information content (AvgIpc) is 3.42. The number of carbonyl (C=O) groups excluding carboxylic acids is 1. The first-order valence-corrected chi connectivity index (χ1v) is 11.8. The normalized spacial score (nSPS) is 12.1. The van der Waals surface area contributed by atoms with Crippen LogP contribution in [0.25, 0.3) is 10.9 Å².